The summed E-state index contributed by atoms with van der Waals surface area (Å²) in [5, 5.41) is 0.971. The summed E-state index contributed by atoms with van der Waals surface area (Å²) in [5.74, 6) is 0.870. The fourth-order valence-corrected chi connectivity index (χ4v) is 4.48. The Labute approximate surface area is 169 Å². The number of thiophene rings is 1. The summed E-state index contributed by atoms with van der Waals surface area (Å²) >= 11 is 1.64. The number of hydrogen-bond acceptors (Lipinski definition) is 3. The third-order valence-corrected chi connectivity index (χ3v) is 5.59. The van der Waals surface area contributed by atoms with E-state index in [4.69, 9.17) is 4.74 Å². The molecule has 0 saturated carbocycles. The predicted octanol–water partition coefficient (Wildman–Crippen LogP) is 6.98. The smallest absolute Gasteiger partial charge is 0.195 e. The van der Waals surface area contributed by atoms with E-state index >= 15 is 0 Å². The number of carbonyl (C=O) groups is 1. The lowest BCUT2D eigenvalue weighted by Crippen LogP contribution is -2.22. The summed E-state index contributed by atoms with van der Waals surface area (Å²) in [5.41, 5.74) is 2.26. The normalized spacial score (nSPS) is 11.5. The molecule has 1 aromatic heterocycles. The number of hydrogen-bond donors (Lipinski definition) is 0. The Morgan fingerprint density at radius 2 is 1.50 bits per heavy atom. The molecule has 4 rings (SSSR count). The maximum Gasteiger partial charge on any atom is 0.195 e. The standard InChI is InChI=1S/C25H22O2S/c1-25(2,3)27-19-14-15-20-21(16-19)28-24(18-12-8-5-9-13-18)22(20)23(26)17-10-6-4-7-11-17/h4-16H,1-3H3. The Morgan fingerprint density at radius 1 is 0.857 bits per heavy atom. The van der Waals surface area contributed by atoms with Gasteiger partial charge >= 0.3 is 0 Å². The van der Waals surface area contributed by atoms with Crippen molar-refractivity contribution in [3.05, 3.63) is 90.0 Å². The molecule has 0 atom stereocenters. The van der Waals surface area contributed by atoms with E-state index in [0.29, 0.717) is 5.56 Å². The van der Waals surface area contributed by atoms with Gasteiger partial charge in [0.05, 0.1) is 0 Å². The highest BCUT2D eigenvalue weighted by molar-refractivity contribution is 7.22. The van der Waals surface area contributed by atoms with Gasteiger partial charge in [0, 0.05) is 26.1 Å². The van der Waals surface area contributed by atoms with Crippen LogP contribution in [0.5, 0.6) is 5.75 Å². The van der Waals surface area contributed by atoms with Crippen molar-refractivity contribution in [2.75, 3.05) is 0 Å². The van der Waals surface area contributed by atoms with E-state index in [1.165, 1.54) is 0 Å². The maximum atomic E-state index is 13.4. The van der Waals surface area contributed by atoms with Crippen molar-refractivity contribution in [2.24, 2.45) is 0 Å². The number of benzene rings is 3. The van der Waals surface area contributed by atoms with Crippen molar-refractivity contribution in [3.8, 4) is 16.2 Å². The van der Waals surface area contributed by atoms with Crippen molar-refractivity contribution in [1.82, 2.24) is 0 Å². The van der Waals surface area contributed by atoms with Crippen LogP contribution in [0.2, 0.25) is 0 Å². The predicted molar refractivity (Wildman–Crippen MR) is 118 cm³/mol. The van der Waals surface area contributed by atoms with Crippen LogP contribution in [-0.4, -0.2) is 11.4 Å². The first-order valence-electron chi connectivity index (χ1n) is 9.33. The number of ether oxygens (including phenoxy) is 1. The Kier molecular flexibility index (Phi) is 4.78. The molecule has 0 aliphatic rings. The molecule has 4 aromatic rings. The Morgan fingerprint density at radius 3 is 2.14 bits per heavy atom. The van der Waals surface area contributed by atoms with Gasteiger partial charge < -0.3 is 4.74 Å². The molecule has 0 unspecified atom stereocenters. The van der Waals surface area contributed by atoms with Gasteiger partial charge in [-0.1, -0.05) is 60.7 Å². The van der Waals surface area contributed by atoms with Crippen molar-refractivity contribution in [3.63, 3.8) is 0 Å². The van der Waals surface area contributed by atoms with Crippen molar-refractivity contribution in [1.29, 1.82) is 0 Å². The number of rotatable bonds is 4. The van der Waals surface area contributed by atoms with Gasteiger partial charge in [0.25, 0.3) is 0 Å². The topological polar surface area (TPSA) is 26.3 Å². The largest absolute Gasteiger partial charge is 0.488 e. The van der Waals surface area contributed by atoms with Crippen molar-refractivity contribution < 1.29 is 9.53 Å². The summed E-state index contributed by atoms with van der Waals surface area (Å²) in [4.78, 5) is 14.4. The van der Waals surface area contributed by atoms with Gasteiger partial charge in [-0.2, -0.15) is 0 Å². The zero-order valence-corrected chi connectivity index (χ0v) is 17.0. The number of fused-ring (bicyclic) bond motifs is 1. The van der Waals surface area contributed by atoms with Crippen LogP contribution in [0, 0.1) is 0 Å². The summed E-state index contributed by atoms with van der Waals surface area (Å²) in [7, 11) is 0. The van der Waals surface area contributed by atoms with Crippen LogP contribution in [0.1, 0.15) is 36.7 Å². The molecule has 2 nitrogen and oxygen atoms in total. The molecule has 0 saturated heterocycles. The lowest BCUT2D eigenvalue weighted by atomic mass is 9.97. The molecule has 0 radical (unpaired) electrons. The van der Waals surface area contributed by atoms with Crippen LogP contribution in [0.4, 0.5) is 0 Å². The molecule has 0 aliphatic carbocycles. The van der Waals surface area contributed by atoms with Crippen LogP contribution in [0.3, 0.4) is 0 Å². The lowest BCUT2D eigenvalue weighted by Gasteiger charge is -2.21. The Balaban J connectivity index is 1.91. The van der Waals surface area contributed by atoms with Gasteiger partial charge in [0.2, 0.25) is 0 Å². The first-order valence-corrected chi connectivity index (χ1v) is 10.1. The molecule has 0 spiro atoms. The second-order valence-electron chi connectivity index (χ2n) is 7.74. The summed E-state index contributed by atoms with van der Waals surface area (Å²) in [6.45, 7) is 6.10. The molecular weight excluding hydrogens is 364 g/mol. The maximum absolute atomic E-state index is 13.4. The monoisotopic (exact) mass is 386 g/mol. The van der Waals surface area contributed by atoms with Gasteiger partial charge in [0.1, 0.15) is 11.4 Å². The SMILES string of the molecule is CC(C)(C)Oc1ccc2c(C(=O)c3ccccc3)c(-c3ccccc3)sc2c1. The lowest BCUT2D eigenvalue weighted by molar-refractivity contribution is 0.104. The third-order valence-electron chi connectivity index (χ3n) is 4.38. The average Bonchev–Trinajstić information content (AvgIpc) is 3.06. The summed E-state index contributed by atoms with van der Waals surface area (Å²) in [6, 6.07) is 25.6. The minimum absolute atomic E-state index is 0.0511. The van der Waals surface area contributed by atoms with Gasteiger partial charge in [0.15, 0.2) is 5.78 Å². The molecule has 0 fully saturated rings. The van der Waals surface area contributed by atoms with Gasteiger partial charge in [-0.15, -0.1) is 11.3 Å². The van der Waals surface area contributed by atoms with Gasteiger partial charge in [-0.05, 0) is 44.5 Å². The minimum atomic E-state index is -0.268. The van der Waals surface area contributed by atoms with Crippen LogP contribution < -0.4 is 4.74 Å². The van der Waals surface area contributed by atoms with Crippen LogP contribution in [0.15, 0.2) is 78.9 Å². The first kappa shape index (κ1) is 18.5. The van der Waals surface area contributed by atoms with Crippen molar-refractivity contribution in [2.45, 2.75) is 26.4 Å². The highest BCUT2D eigenvalue weighted by Gasteiger charge is 2.22. The Hall–Kier alpha value is -2.91. The molecular formula is C25H22O2S. The van der Waals surface area contributed by atoms with Crippen molar-refractivity contribution >= 4 is 27.2 Å². The molecule has 1 heterocycles. The number of ketones is 1. The molecule has 140 valence electrons. The van der Waals surface area contributed by atoms with Gasteiger partial charge in [-0.3, -0.25) is 4.79 Å². The van der Waals surface area contributed by atoms with E-state index in [-0.39, 0.29) is 11.4 Å². The molecule has 3 aromatic carbocycles. The van der Waals surface area contributed by atoms with E-state index in [1.807, 2.05) is 87.5 Å². The fraction of sp³-hybridized carbons (Fsp3) is 0.160. The number of carbonyl (C=O) groups excluding carboxylic acids is 1. The average molecular weight is 387 g/mol. The van der Waals surface area contributed by atoms with Gasteiger partial charge in [-0.25, -0.2) is 0 Å². The van der Waals surface area contributed by atoms with E-state index in [1.54, 1.807) is 11.3 Å². The van der Waals surface area contributed by atoms with Crippen LogP contribution in [0.25, 0.3) is 20.5 Å². The van der Waals surface area contributed by atoms with E-state index in [2.05, 4.69) is 12.1 Å². The molecule has 0 N–H and O–H groups in total. The second kappa shape index (κ2) is 7.25. The van der Waals surface area contributed by atoms with E-state index < -0.39 is 0 Å². The molecule has 0 aliphatic heterocycles. The zero-order chi connectivity index (χ0) is 19.7. The summed E-state index contributed by atoms with van der Waals surface area (Å²) < 4.78 is 7.09. The fourth-order valence-electron chi connectivity index (χ4n) is 3.25. The molecule has 3 heteroatoms. The highest BCUT2D eigenvalue weighted by Crippen LogP contribution is 2.41. The second-order valence-corrected chi connectivity index (χ2v) is 8.79. The molecule has 0 bridgehead atoms. The first-order chi connectivity index (χ1) is 13.4. The van der Waals surface area contributed by atoms with E-state index in [0.717, 1.165) is 31.8 Å². The summed E-state index contributed by atoms with van der Waals surface area (Å²) in [6.07, 6.45) is 0. The van der Waals surface area contributed by atoms with E-state index in [9.17, 15) is 4.79 Å². The molecule has 0 amide bonds. The Bertz CT molecular complexity index is 1120. The van der Waals surface area contributed by atoms with Crippen LogP contribution >= 0.6 is 11.3 Å². The highest BCUT2D eigenvalue weighted by atomic mass is 32.1. The molecule has 28 heavy (non-hydrogen) atoms. The third kappa shape index (κ3) is 3.71. The minimum Gasteiger partial charge on any atom is -0.488 e. The quantitative estimate of drug-likeness (QED) is 0.354. The van der Waals surface area contributed by atoms with Crippen LogP contribution in [-0.2, 0) is 0 Å². The zero-order valence-electron chi connectivity index (χ0n) is 16.2.